The van der Waals surface area contributed by atoms with Crippen LogP contribution in [0.4, 0.5) is 0 Å². The van der Waals surface area contributed by atoms with Gasteiger partial charge in [-0.3, -0.25) is 4.57 Å². The molecule has 53 heavy (non-hydrogen) atoms. The van der Waals surface area contributed by atoms with E-state index in [0.717, 1.165) is 43.9 Å². The first-order valence-electron chi connectivity index (χ1n) is 17.8. The fourth-order valence-electron chi connectivity index (χ4n) is 8.47. The predicted molar refractivity (Wildman–Crippen MR) is 228 cm³/mol. The fourth-order valence-corrected chi connectivity index (χ4v) is 10.9. The second kappa shape index (κ2) is 11.1. The highest BCUT2D eigenvalue weighted by Crippen LogP contribution is 2.50. The van der Waals surface area contributed by atoms with Crippen LogP contribution >= 0.6 is 22.7 Å². The van der Waals surface area contributed by atoms with Gasteiger partial charge in [-0.25, -0.2) is 9.97 Å². The maximum absolute atomic E-state index is 5.65. The molecule has 5 heteroatoms. The lowest BCUT2D eigenvalue weighted by atomic mass is 9.98. The zero-order chi connectivity index (χ0) is 34.6. The van der Waals surface area contributed by atoms with Crippen molar-refractivity contribution < 1.29 is 0 Å². The Morgan fingerprint density at radius 3 is 1.98 bits per heavy atom. The van der Waals surface area contributed by atoms with Crippen LogP contribution in [0.1, 0.15) is 0 Å². The first-order valence-corrected chi connectivity index (χ1v) is 19.5. The number of fused-ring (bicyclic) bond motifs is 15. The summed E-state index contributed by atoms with van der Waals surface area (Å²) in [4.78, 5) is 12.2. The van der Waals surface area contributed by atoms with E-state index in [1.807, 2.05) is 11.3 Å². The number of hydrogen-bond donors (Lipinski definition) is 0. The van der Waals surface area contributed by atoms with Crippen molar-refractivity contribution in [3.63, 3.8) is 0 Å². The van der Waals surface area contributed by atoms with E-state index in [9.17, 15) is 0 Å². The standard InChI is InChI=1S/C48H27N3S2/c1-2-13-28(14-3-1)30-16-12-17-31(27-30)42-47(50-48-43(49-42)36-22-9-11-24-39(36)52-48)51-38-23-10-8-21-35(38)40-33-19-6-7-20-34(33)41-37-26-25-29-15-4-5-18-32(29)45(37)53-46(41)44(40)51/h1-27H. The molecular formula is C48H27N3S2. The Bertz CT molecular complexity index is 3460. The average molecular weight is 710 g/mol. The summed E-state index contributed by atoms with van der Waals surface area (Å²) < 4.78 is 6.20. The third-order valence-electron chi connectivity index (χ3n) is 10.8. The molecule has 12 aromatic rings. The van der Waals surface area contributed by atoms with Crippen molar-refractivity contribution >= 4 is 107 Å². The van der Waals surface area contributed by atoms with Crippen molar-refractivity contribution in [3.8, 4) is 28.2 Å². The zero-order valence-corrected chi connectivity index (χ0v) is 29.9. The molecule has 3 nitrogen and oxygen atoms in total. The highest BCUT2D eigenvalue weighted by Gasteiger charge is 2.26. The van der Waals surface area contributed by atoms with Crippen LogP contribution in [-0.2, 0) is 0 Å². The van der Waals surface area contributed by atoms with E-state index in [-0.39, 0.29) is 0 Å². The minimum atomic E-state index is 0.847. The van der Waals surface area contributed by atoms with Gasteiger partial charge >= 0.3 is 0 Å². The van der Waals surface area contributed by atoms with Gasteiger partial charge in [-0.1, -0.05) is 146 Å². The second-order valence-electron chi connectivity index (χ2n) is 13.7. The quantitative estimate of drug-likeness (QED) is 0.183. The number of rotatable bonds is 3. The van der Waals surface area contributed by atoms with E-state index in [4.69, 9.17) is 9.97 Å². The minimum Gasteiger partial charge on any atom is -0.290 e. The molecule has 0 radical (unpaired) electrons. The Balaban J connectivity index is 1.29. The third-order valence-corrected chi connectivity index (χ3v) is 13.1. The summed E-state index contributed by atoms with van der Waals surface area (Å²) >= 11 is 3.62. The number of para-hydroxylation sites is 1. The largest absolute Gasteiger partial charge is 0.290 e. The second-order valence-corrected chi connectivity index (χ2v) is 15.7. The van der Waals surface area contributed by atoms with E-state index >= 15 is 0 Å². The maximum atomic E-state index is 5.65. The molecule has 246 valence electrons. The van der Waals surface area contributed by atoms with E-state index in [1.54, 1.807) is 11.3 Å². The van der Waals surface area contributed by atoms with Gasteiger partial charge in [-0.05, 0) is 50.9 Å². The summed E-state index contributed by atoms with van der Waals surface area (Å²) in [7, 11) is 0. The van der Waals surface area contributed by atoms with Crippen LogP contribution < -0.4 is 0 Å². The lowest BCUT2D eigenvalue weighted by Gasteiger charge is -2.14. The van der Waals surface area contributed by atoms with Gasteiger partial charge in [0.25, 0.3) is 0 Å². The topological polar surface area (TPSA) is 30.7 Å². The van der Waals surface area contributed by atoms with Crippen LogP contribution in [0.25, 0.3) is 112 Å². The molecule has 0 aliphatic carbocycles. The highest BCUT2D eigenvalue weighted by atomic mass is 32.1. The third kappa shape index (κ3) is 4.15. The molecule has 0 fully saturated rings. The van der Waals surface area contributed by atoms with Crippen molar-refractivity contribution in [1.82, 2.24) is 14.5 Å². The van der Waals surface area contributed by atoms with Gasteiger partial charge in [-0.15, -0.1) is 22.7 Å². The molecule has 0 saturated carbocycles. The molecule has 0 aliphatic heterocycles. The highest BCUT2D eigenvalue weighted by molar-refractivity contribution is 7.28. The smallest absolute Gasteiger partial charge is 0.166 e. The van der Waals surface area contributed by atoms with Crippen LogP contribution in [0.15, 0.2) is 164 Å². The van der Waals surface area contributed by atoms with Crippen LogP contribution in [0.2, 0.25) is 0 Å². The number of nitrogens with zero attached hydrogens (tertiary/aromatic N) is 3. The fraction of sp³-hybridized carbons (Fsp3) is 0. The Morgan fingerprint density at radius 2 is 1.11 bits per heavy atom. The Labute approximate surface area is 311 Å². The number of thiophene rings is 2. The molecule has 12 rings (SSSR count). The first kappa shape index (κ1) is 29.2. The molecule has 0 atom stereocenters. The van der Waals surface area contributed by atoms with E-state index < -0.39 is 0 Å². The molecule has 0 spiro atoms. The molecule has 0 saturated heterocycles. The monoisotopic (exact) mass is 709 g/mol. The van der Waals surface area contributed by atoms with Crippen LogP contribution in [-0.4, -0.2) is 14.5 Å². The van der Waals surface area contributed by atoms with Crippen molar-refractivity contribution in [1.29, 1.82) is 0 Å². The van der Waals surface area contributed by atoms with E-state index in [2.05, 4.69) is 168 Å². The zero-order valence-electron chi connectivity index (χ0n) is 28.2. The maximum Gasteiger partial charge on any atom is 0.166 e. The Hall–Kier alpha value is -6.40. The minimum absolute atomic E-state index is 0.847. The van der Waals surface area contributed by atoms with Gasteiger partial charge in [0.15, 0.2) is 5.82 Å². The van der Waals surface area contributed by atoms with Gasteiger partial charge in [0.05, 0.1) is 15.7 Å². The normalized spacial score (nSPS) is 12.2. The summed E-state index contributed by atoms with van der Waals surface area (Å²) in [6.45, 7) is 0. The van der Waals surface area contributed by atoms with Gasteiger partial charge in [0.1, 0.15) is 16.0 Å². The molecule has 4 aromatic heterocycles. The van der Waals surface area contributed by atoms with Gasteiger partial charge in [0.2, 0.25) is 0 Å². The van der Waals surface area contributed by atoms with Gasteiger partial charge in [0, 0.05) is 41.9 Å². The molecule has 8 aromatic carbocycles. The molecule has 0 unspecified atom stereocenters. The van der Waals surface area contributed by atoms with Crippen molar-refractivity contribution in [2.45, 2.75) is 0 Å². The SMILES string of the molecule is c1ccc(-c2cccc(-c3nc4c(nc3-n3c5ccccc5c5c6ccccc6c6c7ccc8ccccc8c7sc6c53)sc3ccccc34)c2)cc1. The molecule has 0 bridgehead atoms. The Kier molecular flexibility index (Phi) is 6.09. The van der Waals surface area contributed by atoms with Crippen molar-refractivity contribution in [2.24, 2.45) is 0 Å². The van der Waals surface area contributed by atoms with Crippen LogP contribution in [0.3, 0.4) is 0 Å². The number of benzene rings is 8. The Morgan fingerprint density at radius 1 is 0.434 bits per heavy atom. The van der Waals surface area contributed by atoms with Crippen LogP contribution in [0, 0.1) is 0 Å². The molecule has 0 amide bonds. The average Bonchev–Trinajstić information content (AvgIpc) is 3.91. The molecular weight excluding hydrogens is 683 g/mol. The molecule has 0 aliphatic rings. The molecule has 4 heterocycles. The van der Waals surface area contributed by atoms with Crippen molar-refractivity contribution in [2.75, 3.05) is 0 Å². The summed E-state index contributed by atoms with van der Waals surface area (Å²) in [5.74, 6) is 0.847. The summed E-state index contributed by atoms with van der Waals surface area (Å²) in [5, 5.41) is 11.3. The van der Waals surface area contributed by atoms with Crippen molar-refractivity contribution in [3.05, 3.63) is 164 Å². The summed E-state index contributed by atoms with van der Waals surface area (Å²) in [6, 6.07) is 59.1. The lowest BCUT2D eigenvalue weighted by Crippen LogP contribution is -2.03. The molecule has 0 N–H and O–H groups in total. The lowest BCUT2D eigenvalue weighted by molar-refractivity contribution is 1.09. The van der Waals surface area contributed by atoms with Gasteiger partial charge in [-0.2, -0.15) is 0 Å². The van der Waals surface area contributed by atoms with E-state index in [0.29, 0.717) is 0 Å². The van der Waals surface area contributed by atoms with Crippen LogP contribution in [0.5, 0.6) is 0 Å². The first-order chi connectivity index (χ1) is 26.3. The summed E-state index contributed by atoms with van der Waals surface area (Å²) in [6.07, 6.45) is 0. The summed E-state index contributed by atoms with van der Waals surface area (Å²) in [5.41, 5.74) is 7.48. The van der Waals surface area contributed by atoms with Gasteiger partial charge < -0.3 is 0 Å². The number of hydrogen-bond acceptors (Lipinski definition) is 4. The van der Waals surface area contributed by atoms with E-state index in [1.165, 1.54) is 68.3 Å². The number of aromatic nitrogens is 3. The predicted octanol–water partition coefficient (Wildman–Crippen LogP) is 13.9.